The molecule has 0 radical (unpaired) electrons. The van der Waals surface area contributed by atoms with E-state index in [1.807, 2.05) is 42.2 Å². The van der Waals surface area contributed by atoms with E-state index in [1.165, 1.54) is 5.69 Å². The van der Waals surface area contributed by atoms with Crippen molar-refractivity contribution >= 4 is 17.4 Å². The highest BCUT2D eigenvalue weighted by atomic mass is 16.2. The summed E-state index contributed by atoms with van der Waals surface area (Å²) in [4.78, 5) is 16.7. The second-order valence-corrected chi connectivity index (χ2v) is 6.39. The molecule has 0 aromatic heterocycles. The number of rotatable bonds is 5. The van der Waals surface area contributed by atoms with E-state index in [-0.39, 0.29) is 6.03 Å². The summed E-state index contributed by atoms with van der Waals surface area (Å²) in [5, 5.41) is 2.98. The van der Waals surface area contributed by atoms with Gasteiger partial charge in [-0.15, -0.1) is 0 Å². The smallest absolute Gasteiger partial charge is 0.321 e. The van der Waals surface area contributed by atoms with Crippen LogP contribution < -0.4 is 10.2 Å². The first-order chi connectivity index (χ1) is 11.7. The van der Waals surface area contributed by atoms with E-state index in [4.69, 9.17) is 0 Å². The third-order valence-electron chi connectivity index (χ3n) is 4.41. The van der Waals surface area contributed by atoms with Crippen LogP contribution >= 0.6 is 0 Å². The predicted molar refractivity (Wildman–Crippen MR) is 99.6 cm³/mol. The highest BCUT2D eigenvalue weighted by Gasteiger charge is 2.34. The van der Waals surface area contributed by atoms with Gasteiger partial charge in [0.05, 0.1) is 6.04 Å². The van der Waals surface area contributed by atoms with Gasteiger partial charge in [-0.05, 0) is 43.2 Å². The topological polar surface area (TPSA) is 35.6 Å². The van der Waals surface area contributed by atoms with Crippen molar-refractivity contribution in [3.05, 3.63) is 60.2 Å². The third kappa shape index (κ3) is 3.70. The van der Waals surface area contributed by atoms with Gasteiger partial charge in [0.15, 0.2) is 0 Å². The van der Waals surface area contributed by atoms with E-state index >= 15 is 0 Å². The third-order valence-corrected chi connectivity index (χ3v) is 4.41. The standard InChI is InChI=1S/C20H25N3O/c1-3-12-23(18-10-5-4-6-11-18)19-14-22(15-19)20(24)21-17-9-7-8-16(2)13-17/h4-11,13,19H,3,12,14-15H2,1-2H3,(H,21,24). The second kappa shape index (κ2) is 7.39. The summed E-state index contributed by atoms with van der Waals surface area (Å²) in [6, 6.07) is 18.7. The van der Waals surface area contributed by atoms with Gasteiger partial charge in [-0.2, -0.15) is 0 Å². The van der Waals surface area contributed by atoms with Crippen molar-refractivity contribution in [3.8, 4) is 0 Å². The molecule has 0 bridgehead atoms. The van der Waals surface area contributed by atoms with Crippen LogP contribution in [0.5, 0.6) is 0 Å². The fourth-order valence-corrected chi connectivity index (χ4v) is 3.13. The number of amides is 2. The van der Waals surface area contributed by atoms with Crippen molar-refractivity contribution in [2.75, 3.05) is 29.9 Å². The molecular weight excluding hydrogens is 298 g/mol. The van der Waals surface area contributed by atoms with Crippen LogP contribution in [0.3, 0.4) is 0 Å². The molecule has 2 amide bonds. The number of para-hydroxylation sites is 1. The number of nitrogens with one attached hydrogen (secondary N) is 1. The Balaban J connectivity index is 1.58. The Labute approximate surface area is 144 Å². The lowest BCUT2D eigenvalue weighted by Crippen LogP contribution is -2.62. The number of likely N-dealkylation sites (tertiary alicyclic amines) is 1. The number of aryl methyl sites for hydroxylation is 1. The van der Waals surface area contributed by atoms with Crippen LogP contribution in [-0.4, -0.2) is 36.6 Å². The van der Waals surface area contributed by atoms with Crippen LogP contribution in [0.25, 0.3) is 0 Å². The summed E-state index contributed by atoms with van der Waals surface area (Å²) in [6.45, 7) is 6.77. The van der Waals surface area contributed by atoms with E-state index in [1.54, 1.807) is 0 Å². The molecule has 1 aliphatic rings. The van der Waals surface area contributed by atoms with Crippen LogP contribution in [-0.2, 0) is 0 Å². The van der Waals surface area contributed by atoms with Gasteiger partial charge in [0.1, 0.15) is 0 Å². The maximum absolute atomic E-state index is 12.4. The molecule has 126 valence electrons. The number of carbonyl (C=O) groups excluding carboxylic acids is 1. The first-order valence-electron chi connectivity index (χ1n) is 8.61. The zero-order chi connectivity index (χ0) is 16.9. The molecular formula is C20H25N3O. The maximum Gasteiger partial charge on any atom is 0.321 e. The van der Waals surface area contributed by atoms with E-state index in [0.29, 0.717) is 6.04 Å². The lowest BCUT2D eigenvalue weighted by Gasteiger charge is -2.46. The largest absolute Gasteiger partial charge is 0.365 e. The number of benzene rings is 2. The zero-order valence-corrected chi connectivity index (χ0v) is 14.4. The number of carbonyl (C=O) groups is 1. The summed E-state index contributed by atoms with van der Waals surface area (Å²) in [6.07, 6.45) is 1.10. The lowest BCUT2D eigenvalue weighted by atomic mass is 10.1. The first-order valence-corrected chi connectivity index (χ1v) is 8.61. The molecule has 1 aliphatic heterocycles. The Kier molecular flexibility index (Phi) is 5.04. The van der Waals surface area contributed by atoms with Gasteiger partial charge < -0.3 is 15.1 Å². The van der Waals surface area contributed by atoms with Crippen molar-refractivity contribution < 1.29 is 4.79 Å². The van der Waals surface area contributed by atoms with Crippen LogP contribution in [0.15, 0.2) is 54.6 Å². The summed E-state index contributed by atoms with van der Waals surface area (Å²) in [5.41, 5.74) is 3.24. The van der Waals surface area contributed by atoms with Gasteiger partial charge in [0, 0.05) is 31.0 Å². The molecule has 4 heteroatoms. The molecule has 0 unspecified atom stereocenters. The van der Waals surface area contributed by atoms with Crippen molar-refractivity contribution in [2.24, 2.45) is 0 Å². The Morgan fingerprint density at radius 1 is 1.17 bits per heavy atom. The summed E-state index contributed by atoms with van der Waals surface area (Å²) < 4.78 is 0. The van der Waals surface area contributed by atoms with Gasteiger partial charge in [-0.3, -0.25) is 0 Å². The molecule has 1 fully saturated rings. The van der Waals surface area contributed by atoms with Crippen molar-refractivity contribution in [2.45, 2.75) is 26.3 Å². The minimum atomic E-state index is -0.0126. The van der Waals surface area contributed by atoms with Crippen molar-refractivity contribution in [3.63, 3.8) is 0 Å². The Morgan fingerprint density at radius 2 is 1.92 bits per heavy atom. The maximum atomic E-state index is 12.4. The van der Waals surface area contributed by atoms with Gasteiger partial charge >= 0.3 is 6.03 Å². The zero-order valence-electron chi connectivity index (χ0n) is 14.4. The molecule has 2 aromatic rings. The lowest BCUT2D eigenvalue weighted by molar-refractivity contribution is 0.161. The predicted octanol–water partition coefficient (Wildman–Crippen LogP) is 4.13. The average molecular weight is 323 g/mol. The molecule has 3 rings (SSSR count). The number of nitrogens with zero attached hydrogens (tertiary/aromatic N) is 2. The van der Waals surface area contributed by atoms with Crippen molar-refractivity contribution in [1.82, 2.24) is 4.90 Å². The molecule has 1 N–H and O–H groups in total. The average Bonchev–Trinajstić information content (AvgIpc) is 2.53. The normalized spacial score (nSPS) is 14.2. The highest BCUT2D eigenvalue weighted by molar-refractivity contribution is 5.90. The summed E-state index contributed by atoms with van der Waals surface area (Å²) in [5.74, 6) is 0. The van der Waals surface area contributed by atoms with Crippen LogP contribution in [0.2, 0.25) is 0 Å². The monoisotopic (exact) mass is 323 g/mol. The Hall–Kier alpha value is -2.49. The van der Waals surface area contributed by atoms with Crippen LogP contribution in [0.1, 0.15) is 18.9 Å². The fraction of sp³-hybridized carbons (Fsp3) is 0.350. The minimum Gasteiger partial charge on any atom is -0.365 e. The second-order valence-electron chi connectivity index (χ2n) is 6.39. The van der Waals surface area contributed by atoms with E-state index in [2.05, 4.69) is 41.4 Å². The molecule has 1 heterocycles. The molecule has 2 aromatic carbocycles. The summed E-state index contributed by atoms with van der Waals surface area (Å²) >= 11 is 0. The number of urea groups is 1. The molecule has 1 saturated heterocycles. The van der Waals surface area contributed by atoms with Crippen molar-refractivity contribution in [1.29, 1.82) is 0 Å². The molecule has 4 nitrogen and oxygen atoms in total. The van der Waals surface area contributed by atoms with Gasteiger partial charge in [0.25, 0.3) is 0 Å². The molecule has 0 saturated carbocycles. The van der Waals surface area contributed by atoms with Crippen LogP contribution in [0, 0.1) is 6.92 Å². The molecule has 24 heavy (non-hydrogen) atoms. The van der Waals surface area contributed by atoms with E-state index in [9.17, 15) is 4.79 Å². The van der Waals surface area contributed by atoms with Gasteiger partial charge in [-0.1, -0.05) is 37.3 Å². The quantitative estimate of drug-likeness (QED) is 0.898. The number of hydrogen-bond acceptors (Lipinski definition) is 2. The highest BCUT2D eigenvalue weighted by Crippen LogP contribution is 2.23. The van der Waals surface area contributed by atoms with E-state index in [0.717, 1.165) is 37.3 Å². The summed E-state index contributed by atoms with van der Waals surface area (Å²) in [7, 11) is 0. The number of hydrogen-bond donors (Lipinski definition) is 1. The molecule has 0 atom stereocenters. The molecule has 0 aliphatic carbocycles. The SMILES string of the molecule is CCCN(c1ccccc1)C1CN(C(=O)Nc2cccc(C)c2)C1. The number of anilines is 2. The Morgan fingerprint density at radius 3 is 2.58 bits per heavy atom. The Bertz CT molecular complexity index is 680. The van der Waals surface area contributed by atoms with Gasteiger partial charge in [-0.25, -0.2) is 4.79 Å². The van der Waals surface area contributed by atoms with Gasteiger partial charge in [0.2, 0.25) is 0 Å². The molecule has 0 spiro atoms. The minimum absolute atomic E-state index is 0.0126. The fourth-order valence-electron chi connectivity index (χ4n) is 3.13. The van der Waals surface area contributed by atoms with E-state index < -0.39 is 0 Å². The first kappa shape index (κ1) is 16.4. The van der Waals surface area contributed by atoms with Crippen LogP contribution in [0.4, 0.5) is 16.2 Å².